The van der Waals surface area contributed by atoms with Gasteiger partial charge in [0.2, 0.25) is 5.91 Å². The van der Waals surface area contributed by atoms with E-state index >= 15 is 0 Å². The van der Waals surface area contributed by atoms with Crippen LogP contribution in [-0.2, 0) is 4.79 Å². The molecule has 0 aromatic heterocycles. The first-order valence-corrected chi connectivity index (χ1v) is 4.73. The highest BCUT2D eigenvalue weighted by Crippen LogP contribution is 2.12. The second-order valence-corrected chi connectivity index (χ2v) is 3.20. The average Bonchev–Trinajstić information content (AvgIpc) is 2.28. The minimum Gasteiger partial charge on any atom is -0.333 e. The molecule has 1 aromatic rings. The second-order valence-electron chi connectivity index (χ2n) is 3.20. The summed E-state index contributed by atoms with van der Waals surface area (Å²) in [7, 11) is 0. The third-order valence-corrected chi connectivity index (χ3v) is 1.88. The molecule has 0 saturated carbocycles. The number of allylic oxidation sites excluding steroid dienone is 1. The summed E-state index contributed by atoms with van der Waals surface area (Å²) in [5, 5.41) is 12.7. The van der Waals surface area contributed by atoms with Crippen molar-refractivity contribution in [2.75, 3.05) is 0 Å². The smallest absolute Gasteiger partial charge is 0.269 e. The fraction of sp³-hybridized carbons (Fsp3) is 0.0909. The van der Waals surface area contributed by atoms with Crippen LogP contribution in [0.15, 0.2) is 36.5 Å². The Bertz CT molecular complexity index is 477. The Morgan fingerprint density at radius 3 is 2.35 bits per heavy atom. The van der Waals surface area contributed by atoms with Gasteiger partial charge >= 0.3 is 0 Å². The van der Waals surface area contributed by atoms with E-state index in [2.05, 4.69) is 5.32 Å². The zero-order valence-electron chi connectivity index (χ0n) is 9.04. The summed E-state index contributed by atoms with van der Waals surface area (Å²) in [6.45, 7) is 1.32. The second kappa shape index (κ2) is 5.55. The molecule has 6 heteroatoms. The van der Waals surface area contributed by atoms with Crippen molar-refractivity contribution in [3.63, 3.8) is 0 Å². The molecule has 1 amide bonds. The fourth-order valence-electron chi connectivity index (χ4n) is 1.08. The van der Waals surface area contributed by atoms with E-state index in [1.807, 2.05) is 0 Å². The maximum atomic E-state index is 11.5. The predicted octanol–water partition coefficient (Wildman–Crippen LogP) is 1.43. The lowest BCUT2D eigenvalue weighted by molar-refractivity contribution is -0.384. The highest BCUT2D eigenvalue weighted by molar-refractivity contribution is 6.04. The summed E-state index contributed by atoms with van der Waals surface area (Å²) in [6, 6.07) is 5.22. The van der Waals surface area contributed by atoms with Gasteiger partial charge in [0.1, 0.15) is 0 Å². The van der Waals surface area contributed by atoms with Crippen LogP contribution in [-0.4, -0.2) is 16.6 Å². The minimum atomic E-state index is -0.540. The molecule has 1 N–H and O–H groups in total. The summed E-state index contributed by atoms with van der Waals surface area (Å²) in [5.41, 5.74) is 0.240. The highest BCUT2D eigenvalue weighted by atomic mass is 16.6. The minimum absolute atomic E-state index is 0.0765. The Morgan fingerprint density at radius 1 is 1.29 bits per heavy atom. The molecular formula is C11H10N2O4. The van der Waals surface area contributed by atoms with Crippen LogP contribution in [0.1, 0.15) is 17.3 Å². The molecule has 0 fully saturated rings. The topological polar surface area (TPSA) is 89.3 Å². The number of carbonyl (C=O) groups is 2. The lowest BCUT2D eigenvalue weighted by atomic mass is 10.1. The first kappa shape index (κ1) is 12.6. The normalized spacial score (nSPS) is 10.2. The van der Waals surface area contributed by atoms with Crippen LogP contribution in [0, 0.1) is 10.1 Å². The fourth-order valence-corrected chi connectivity index (χ4v) is 1.08. The lowest BCUT2D eigenvalue weighted by Crippen LogP contribution is -2.12. The third-order valence-electron chi connectivity index (χ3n) is 1.88. The number of nitrogens with one attached hydrogen (secondary N) is 1. The van der Waals surface area contributed by atoms with Gasteiger partial charge in [0.15, 0.2) is 5.78 Å². The van der Waals surface area contributed by atoms with Gasteiger partial charge in [-0.25, -0.2) is 0 Å². The molecule has 88 valence electrons. The van der Waals surface area contributed by atoms with E-state index in [4.69, 9.17) is 0 Å². The number of ketones is 1. The van der Waals surface area contributed by atoms with Crippen molar-refractivity contribution in [2.24, 2.45) is 0 Å². The first-order chi connectivity index (χ1) is 8.00. The maximum Gasteiger partial charge on any atom is 0.269 e. The van der Waals surface area contributed by atoms with E-state index in [1.54, 1.807) is 0 Å². The summed E-state index contributed by atoms with van der Waals surface area (Å²) < 4.78 is 0. The van der Waals surface area contributed by atoms with Crippen LogP contribution in [0.5, 0.6) is 0 Å². The van der Waals surface area contributed by atoms with Crippen LogP contribution in [0.3, 0.4) is 0 Å². The number of carbonyl (C=O) groups excluding carboxylic acids is 2. The predicted molar refractivity (Wildman–Crippen MR) is 60.4 cm³/mol. The SMILES string of the molecule is CC(=O)N/C=C\C(=O)c1ccc([N+](=O)[O-])cc1. The number of amides is 1. The molecule has 0 aliphatic heterocycles. The van der Waals surface area contributed by atoms with Crippen molar-refractivity contribution >= 4 is 17.4 Å². The third kappa shape index (κ3) is 3.86. The Hall–Kier alpha value is -2.50. The van der Waals surface area contributed by atoms with Crippen molar-refractivity contribution in [3.05, 3.63) is 52.2 Å². The number of nitro groups is 1. The Kier molecular flexibility index (Phi) is 4.10. The number of nitro benzene ring substituents is 1. The van der Waals surface area contributed by atoms with E-state index < -0.39 is 4.92 Å². The van der Waals surface area contributed by atoms with Gasteiger partial charge in [0, 0.05) is 36.9 Å². The monoisotopic (exact) mass is 234 g/mol. The van der Waals surface area contributed by atoms with Crippen LogP contribution in [0.2, 0.25) is 0 Å². The first-order valence-electron chi connectivity index (χ1n) is 4.73. The molecular weight excluding hydrogens is 224 g/mol. The number of hydrogen-bond acceptors (Lipinski definition) is 4. The summed E-state index contributed by atoms with van der Waals surface area (Å²) >= 11 is 0. The van der Waals surface area contributed by atoms with Gasteiger partial charge in [0.05, 0.1) is 4.92 Å². The van der Waals surface area contributed by atoms with Crippen molar-refractivity contribution in [2.45, 2.75) is 6.92 Å². The van der Waals surface area contributed by atoms with Crippen molar-refractivity contribution in [3.8, 4) is 0 Å². The molecule has 6 nitrogen and oxygen atoms in total. The molecule has 1 rings (SSSR count). The van der Waals surface area contributed by atoms with E-state index in [1.165, 1.54) is 43.5 Å². The molecule has 1 aromatic carbocycles. The maximum absolute atomic E-state index is 11.5. The molecule has 0 aliphatic carbocycles. The number of rotatable bonds is 4. The average molecular weight is 234 g/mol. The van der Waals surface area contributed by atoms with Gasteiger partial charge in [0.25, 0.3) is 5.69 Å². The summed E-state index contributed by atoms with van der Waals surface area (Å²) in [5.74, 6) is -0.619. The largest absolute Gasteiger partial charge is 0.333 e. The van der Waals surface area contributed by atoms with Crippen LogP contribution in [0.25, 0.3) is 0 Å². The standard InChI is InChI=1S/C11H10N2O4/c1-8(14)12-7-6-11(15)9-2-4-10(5-3-9)13(16)17/h2-7H,1H3,(H,12,14)/b7-6-. The molecule has 17 heavy (non-hydrogen) atoms. The molecule has 0 radical (unpaired) electrons. The molecule has 0 bridgehead atoms. The molecule has 0 heterocycles. The number of non-ortho nitro benzene ring substituents is 1. The van der Waals surface area contributed by atoms with Crippen LogP contribution < -0.4 is 5.32 Å². The molecule has 0 saturated heterocycles. The molecule has 0 spiro atoms. The Morgan fingerprint density at radius 2 is 1.88 bits per heavy atom. The van der Waals surface area contributed by atoms with E-state index in [0.29, 0.717) is 5.56 Å². The number of benzene rings is 1. The van der Waals surface area contributed by atoms with E-state index in [0.717, 1.165) is 0 Å². The van der Waals surface area contributed by atoms with Gasteiger partial charge < -0.3 is 5.32 Å². The Balaban J connectivity index is 2.73. The van der Waals surface area contributed by atoms with Gasteiger partial charge in [-0.15, -0.1) is 0 Å². The zero-order chi connectivity index (χ0) is 12.8. The van der Waals surface area contributed by atoms with E-state index in [-0.39, 0.29) is 17.4 Å². The summed E-state index contributed by atoms with van der Waals surface area (Å²) in [4.78, 5) is 31.9. The lowest BCUT2D eigenvalue weighted by Gasteiger charge is -1.96. The quantitative estimate of drug-likeness (QED) is 0.369. The van der Waals surface area contributed by atoms with Gasteiger partial charge in [-0.2, -0.15) is 0 Å². The van der Waals surface area contributed by atoms with Crippen LogP contribution in [0.4, 0.5) is 5.69 Å². The van der Waals surface area contributed by atoms with Crippen LogP contribution >= 0.6 is 0 Å². The molecule has 0 unspecified atom stereocenters. The Labute approximate surface area is 97.1 Å². The number of nitrogens with zero attached hydrogens (tertiary/aromatic N) is 1. The van der Waals surface area contributed by atoms with Crippen molar-refractivity contribution in [1.82, 2.24) is 5.32 Å². The van der Waals surface area contributed by atoms with Crippen molar-refractivity contribution in [1.29, 1.82) is 0 Å². The summed E-state index contributed by atoms with van der Waals surface area (Å²) in [6.07, 6.45) is 2.41. The van der Waals surface area contributed by atoms with E-state index in [9.17, 15) is 19.7 Å². The van der Waals surface area contributed by atoms with Crippen molar-refractivity contribution < 1.29 is 14.5 Å². The molecule has 0 atom stereocenters. The van der Waals surface area contributed by atoms with Gasteiger partial charge in [-0.3, -0.25) is 19.7 Å². The molecule has 0 aliphatic rings. The highest BCUT2D eigenvalue weighted by Gasteiger charge is 2.06. The van der Waals surface area contributed by atoms with Gasteiger partial charge in [-0.05, 0) is 12.1 Å². The van der Waals surface area contributed by atoms with Gasteiger partial charge in [-0.1, -0.05) is 0 Å². The number of hydrogen-bond donors (Lipinski definition) is 1. The zero-order valence-corrected chi connectivity index (χ0v) is 9.04.